The monoisotopic (exact) mass is 530 g/mol. The highest BCUT2D eigenvalue weighted by atomic mass is 16.5. The number of aromatic nitrogens is 2. The summed E-state index contributed by atoms with van der Waals surface area (Å²) in [6.45, 7) is 9.10. The molecular weight excluding hydrogens is 492 g/mol. The highest BCUT2D eigenvalue weighted by Gasteiger charge is 2.18. The number of carbonyl (C=O) groups excluding carboxylic acids is 1. The molecule has 0 aliphatic rings. The molecule has 0 fully saturated rings. The van der Waals surface area contributed by atoms with Crippen molar-refractivity contribution in [2.24, 2.45) is 0 Å². The Hall–Kier alpha value is -4.44. The largest absolute Gasteiger partial charge is 0.489 e. The number of nitrogens with one attached hydrogen (secondary N) is 4. The molecule has 206 valence electrons. The van der Waals surface area contributed by atoms with Crippen LogP contribution in [0.1, 0.15) is 19.4 Å². The smallest absolute Gasteiger partial charge is 0.247 e. The second kappa shape index (κ2) is 13.4. The molecule has 0 bridgehead atoms. The molecule has 10 heteroatoms. The molecule has 3 rings (SSSR count). The Morgan fingerprint density at radius 2 is 1.85 bits per heavy atom. The fourth-order valence-corrected chi connectivity index (χ4v) is 3.88. The lowest BCUT2D eigenvalue weighted by molar-refractivity contribution is -0.111. The van der Waals surface area contributed by atoms with Crippen LogP contribution in [0, 0.1) is 5.41 Å². The second-order valence-corrected chi connectivity index (χ2v) is 9.56. The van der Waals surface area contributed by atoms with Crippen LogP contribution in [0.4, 0.5) is 28.6 Å². The number of ether oxygens (including phenoxy) is 1. The van der Waals surface area contributed by atoms with Gasteiger partial charge in [0.05, 0.1) is 28.9 Å². The molecule has 0 spiro atoms. The first-order chi connectivity index (χ1) is 18.6. The van der Waals surface area contributed by atoms with Crippen molar-refractivity contribution in [3.63, 3.8) is 0 Å². The number of amides is 1. The molecule has 39 heavy (non-hydrogen) atoms. The second-order valence-electron chi connectivity index (χ2n) is 9.56. The Kier molecular flexibility index (Phi) is 9.99. The first-order valence-corrected chi connectivity index (χ1v) is 12.7. The first kappa shape index (κ1) is 29.1. The maximum absolute atomic E-state index is 12.3. The van der Waals surface area contributed by atoms with Crippen LogP contribution in [0.3, 0.4) is 0 Å². The van der Waals surface area contributed by atoms with Crippen molar-refractivity contribution in [3.8, 4) is 17.0 Å². The van der Waals surface area contributed by atoms with Gasteiger partial charge in [-0.25, -0.2) is 9.97 Å². The predicted molar refractivity (Wildman–Crippen MR) is 161 cm³/mol. The van der Waals surface area contributed by atoms with Crippen molar-refractivity contribution in [2.45, 2.75) is 20.0 Å². The summed E-state index contributed by atoms with van der Waals surface area (Å²) in [5.74, 6) is 0.868. The number of benzene rings is 2. The predicted octanol–water partition coefficient (Wildman–Crippen LogP) is 4.84. The maximum Gasteiger partial charge on any atom is 0.247 e. The Labute approximate surface area is 230 Å². The Bertz CT molecular complexity index is 1320. The summed E-state index contributed by atoms with van der Waals surface area (Å²) in [6.07, 6.45) is 3.96. The molecule has 4 N–H and O–H groups in total. The minimum Gasteiger partial charge on any atom is -0.489 e. The van der Waals surface area contributed by atoms with Crippen LogP contribution in [0.5, 0.6) is 5.75 Å². The Morgan fingerprint density at radius 1 is 1.08 bits per heavy atom. The molecule has 3 aromatic rings. The standard InChI is InChI=1S/C29H38N8O2/c1-8-29(38)35-24-14-25(27(39-19(2)3)16-26(24)37(7)12-11-36(5)6)34-28-15-23(32-18-33-28)20-9-10-22(31-4)21(13-20)17-30/h8-10,13-19,30-31H,1,11-12H2,2-7H3,(H,35,38)(H,32,33,34). The molecule has 0 saturated heterocycles. The summed E-state index contributed by atoms with van der Waals surface area (Å²) in [5, 5.41) is 17.1. The van der Waals surface area contributed by atoms with E-state index in [0.717, 1.165) is 35.6 Å². The van der Waals surface area contributed by atoms with E-state index in [9.17, 15) is 4.79 Å². The number of carbonyl (C=O) groups is 1. The zero-order chi connectivity index (χ0) is 28.5. The molecule has 10 nitrogen and oxygen atoms in total. The van der Waals surface area contributed by atoms with Gasteiger partial charge in [-0.15, -0.1) is 0 Å². The lowest BCUT2D eigenvalue weighted by Crippen LogP contribution is -2.29. The average Bonchev–Trinajstić information content (AvgIpc) is 2.92. The molecule has 0 saturated carbocycles. The molecule has 0 radical (unpaired) electrons. The van der Waals surface area contributed by atoms with Gasteiger partial charge in [0.25, 0.3) is 0 Å². The van der Waals surface area contributed by atoms with Crippen LogP contribution in [0.25, 0.3) is 11.3 Å². The van der Waals surface area contributed by atoms with Crippen LogP contribution in [-0.4, -0.2) is 74.4 Å². The highest BCUT2D eigenvalue weighted by molar-refractivity contribution is 6.02. The molecule has 0 atom stereocenters. The topological polar surface area (TPSA) is 118 Å². The zero-order valence-corrected chi connectivity index (χ0v) is 23.5. The fourth-order valence-electron chi connectivity index (χ4n) is 3.88. The van der Waals surface area contributed by atoms with E-state index in [1.54, 1.807) is 0 Å². The van der Waals surface area contributed by atoms with Gasteiger partial charge in [-0.3, -0.25) is 4.79 Å². The van der Waals surface area contributed by atoms with Gasteiger partial charge in [0.15, 0.2) is 0 Å². The van der Waals surface area contributed by atoms with Gasteiger partial charge in [0.2, 0.25) is 5.91 Å². The number of rotatable bonds is 13. The molecule has 1 amide bonds. The number of likely N-dealkylation sites (N-methyl/N-ethyl adjacent to an activating group) is 2. The maximum atomic E-state index is 12.3. The van der Waals surface area contributed by atoms with Gasteiger partial charge in [-0.1, -0.05) is 12.6 Å². The molecular formula is C29H38N8O2. The minimum atomic E-state index is -0.308. The summed E-state index contributed by atoms with van der Waals surface area (Å²) < 4.78 is 6.18. The van der Waals surface area contributed by atoms with Crippen molar-refractivity contribution >= 4 is 40.7 Å². The summed E-state index contributed by atoms with van der Waals surface area (Å²) in [5.41, 5.74) is 5.25. The SMILES string of the molecule is C=CC(=O)Nc1cc(Nc2cc(-c3ccc(NC)c(C=N)c3)ncn2)c(OC(C)C)cc1N(C)CCN(C)C. The van der Waals surface area contributed by atoms with Crippen molar-refractivity contribution < 1.29 is 9.53 Å². The van der Waals surface area contributed by atoms with Crippen molar-refractivity contribution in [2.75, 3.05) is 62.1 Å². The Morgan fingerprint density at radius 3 is 2.49 bits per heavy atom. The van der Waals surface area contributed by atoms with E-state index in [0.29, 0.717) is 28.6 Å². The van der Waals surface area contributed by atoms with Crippen LogP contribution in [0.2, 0.25) is 0 Å². The number of nitrogens with zero attached hydrogens (tertiary/aromatic N) is 4. The van der Waals surface area contributed by atoms with Crippen LogP contribution in [0.15, 0.2) is 55.4 Å². The van der Waals surface area contributed by atoms with E-state index < -0.39 is 0 Å². The van der Waals surface area contributed by atoms with Gasteiger partial charge in [0.1, 0.15) is 17.9 Å². The van der Waals surface area contributed by atoms with E-state index >= 15 is 0 Å². The number of hydrogen-bond donors (Lipinski definition) is 4. The molecule has 0 aliphatic carbocycles. The molecule has 1 aromatic heterocycles. The molecule has 1 heterocycles. The third-order valence-electron chi connectivity index (χ3n) is 5.90. The van der Waals surface area contributed by atoms with E-state index in [2.05, 4.69) is 42.3 Å². The summed E-state index contributed by atoms with van der Waals surface area (Å²) in [6, 6.07) is 11.4. The van der Waals surface area contributed by atoms with E-state index in [4.69, 9.17) is 10.1 Å². The fraction of sp³-hybridized carbons (Fsp3) is 0.310. The highest BCUT2D eigenvalue weighted by Crippen LogP contribution is 2.39. The lowest BCUT2D eigenvalue weighted by Gasteiger charge is -2.26. The zero-order valence-electron chi connectivity index (χ0n) is 23.5. The quantitative estimate of drug-likeness (QED) is 0.183. The Balaban J connectivity index is 2.04. The first-order valence-electron chi connectivity index (χ1n) is 12.7. The normalized spacial score (nSPS) is 10.8. The minimum absolute atomic E-state index is 0.0784. The number of hydrogen-bond acceptors (Lipinski definition) is 9. The summed E-state index contributed by atoms with van der Waals surface area (Å²) in [7, 11) is 7.84. The van der Waals surface area contributed by atoms with Gasteiger partial charge in [-0.2, -0.15) is 0 Å². The molecule has 0 aliphatic heterocycles. The van der Waals surface area contributed by atoms with Gasteiger partial charge >= 0.3 is 0 Å². The summed E-state index contributed by atoms with van der Waals surface area (Å²) >= 11 is 0. The van der Waals surface area contributed by atoms with Gasteiger partial charge in [-0.05, 0) is 52.2 Å². The average molecular weight is 531 g/mol. The van der Waals surface area contributed by atoms with Crippen LogP contribution in [-0.2, 0) is 4.79 Å². The van der Waals surface area contributed by atoms with Crippen LogP contribution >= 0.6 is 0 Å². The molecule has 2 aromatic carbocycles. The van der Waals surface area contributed by atoms with Crippen LogP contribution < -0.4 is 25.6 Å². The van der Waals surface area contributed by atoms with Crippen molar-refractivity contribution in [1.82, 2.24) is 14.9 Å². The van der Waals surface area contributed by atoms with E-state index in [1.165, 1.54) is 18.6 Å². The third-order valence-corrected chi connectivity index (χ3v) is 5.90. The van der Waals surface area contributed by atoms with E-state index in [1.807, 2.05) is 78.4 Å². The third kappa shape index (κ3) is 7.78. The summed E-state index contributed by atoms with van der Waals surface area (Å²) in [4.78, 5) is 25.3. The van der Waals surface area contributed by atoms with E-state index in [-0.39, 0.29) is 12.0 Å². The van der Waals surface area contributed by atoms with Gasteiger partial charge < -0.3 is 35.9 Å². The molecule has 0 unspecified atom stereocenters. The van der Waals surface area contributed by atoms with Crippen molar-refractivity contribution in [3.05, 3.63) is 60.9 Å². The number of anilines is 5. The van der Waals surface area contributed by atoms with Crippen molar-refractivity contribution in [1.29, 1.82) is 5.41 Å². The van der Waals surface area contributed by atoms with Gasteiger partial charge in [0, 0.05) is 62.3 Å². The lowest BCUT2D eigenvalue weighted by atomic mass is 10.1.